The molecule has 0 fully saturated rings. The van der Waals surface area contributed by atoms with Crippen LogP contribution in [0.4, 0.5) is 0 Å². The average Bonchev–Trinajstić information content (AvgIpc) is 2.84. The summed E-state index contributed by atoms with van der Waals surface area (Å²) in [6.45, 7) is 2.12. The van der Waals surface area contributed by atoms with Crippen LogP contribution in [0.15, 0.2) is 29.6 Å². The van der Waals surface area contributed by atoms with Gasteiger partial charge in [0, 0.05) is 22.9 Å². The van der Waals surface area contributed by atoms with Gasteiger partial charge < -0.3 is 15.2 Å². The van der Waals surface area contributed by atoms with E-state index in [1.807, 2.05) is 18.2 Å². The number of hydrogen-bond donors (Lipinski definition) is 1. The zero-order valence-corrected chi connectivity index (χ0v) is 11.9. The Bertz CT molecular complexity index is 594. The monoisotopic (exact) mass is 275 g/mol. The van der Waals surface area contributed by atoms with Gasteiger partial charge >= 0.3 is 0 Å². The second-order valence-corrected chi connectivity index (χ2v) is 5.77. The summed E-state index contributed by atoms with van der Waals surface area (Å²) < 4.78 is 11.3. The van der Waals surface area contributed by atoms with Crippen LogP contribution in [0, 0.1) is 6.92 Å². The van der Waals surface area contributed by atoms with Crippen LogP contribution in [0.1, 0.15) is 34.6 Å². The molecule has 3 rings (SSSR count). The first kappa shape index (κ1) is 12.5. The van der Waals surface area contributed by atoms with Gasteiger partial charge in [-0.2, -0.15) is 0 Å². The van der Waals surface area contributed by atoms with Gasteiger partial charge in [-0.3, -0.25) is 0 Å². The second-order valence-electron chi connectivity index (χ2n) is 4.82. The van der Waals surface area contributed by atoms with E-state index in [0.717, 1.165) is 23.5 Å². The van der Waals surface area contributed by atoms with E-state index >= 15 is 0 Å². The molecule has 1 aliphatic heterocycles. The predicted molar refractivity (Wildman–Crippen MR) is 77.0 cm³/mol. The Morgan fingerprint density at radius 2 is 2.21 bits per heavy atom. The van der Waals surface area contributed by atoms with Gasteiger partial charge in [-0.05, 0) is 42.1 Å². The van der Waals surface area contributed by atoms with Crippen molar-refractivity contribution in [3.8, 4) is 11.5 Å². The number of ether oxygens (including phenoxy) is 2. The average molecular weight is 275 g/mol. The maximum atomic E-state index is 6.29. The molecule has 0 saturated carbocycles. The van der Waals surface area contributed by atoms with E-state index in [4.69, 9.17) is 15.2 Å². The summed E-state index contributed by atoms with van der Waals surface area (Å²) in [5, 5.41) is 2.10. The highest BCUT2D eigenvalue weighted by Gasteiger charge is 2.28. The molecule has 2 aromatic rings. The number of benzene rings is 1. The van der Waals surface area contributed by atoms with E-state index in [0.29, 0.717) is 0 Å². The number of aryl methyl sites for hydroxylation is 1. The Hall–Kier alpha value is -1.52. The summed E-state index contributed by atoms with van der Waals surface area (Å²) in [5.74, 6) is 1.70. The van der Waals surface area contributed by atoms with Crippen molar-refractivity contribution in [1.29, 1.82) is 0 Å². The first-order valence-corrected chi connectivity index (χ1v) is 7.21. The summed E-state index contributed by atoms with van der Waals surface area (Å²) >= 11 is 1.74. The Morgan fingerprint density at radius 1 is 1.37 bits per heavy atom. The SMILES string of the molecule is COc1ccc2c(c1)[C@H](N)CC(c1sccc1C)O2. The van der Waals surface area contributed by atoms with Crippen molar-refractivity contribution in [3.05, 3.63) is 45.6 Å². The highest BCUT2D eigenvalue weighted by atomic mass is 32.1. The summed E-state index contributed by atoms with van der Waals surface area (Å²) in [4.78, 5) is 1.27. The first-order valence-electron chi connectivity index (χ1n) is 6.33. The van der Waals surface area contributed by atoms with Gasteiger partial charge in [0.1, 0.15) is 17.6 Å². The summed E-state index contributed by atoms with van der Waals surface area (Å²) in [5.41, 5.74) is 8.59. The molecule has 4 heteroatoms. The molecule has 2 heterocycles. The molecule has 100 valence electrons. The van der Waals surface area contributed by atoms with Crippen LogP contribution in [0.25, 0.3) is 0 Å². The maximum absolute atomic E-state index is 6.29. The molecule has 19 heavy (non-hydrogen) atoms. The second kappa shape index (κ2) is 4.87. The van der Waals surface area contributed by atoms with Crippen molar-refractivity contribution >= 4 is 11.3 Å². The Balaban J connectivity index is 1.94. The largest absolute Gasteiger partial charge is 0.497 e. The number of nitrogens with two attached hydrogens (primary N) is 1. The number of hydrogen-bond acceptors (Lipinski definition) is 4. The Morgan fingerprint density at radius 3 is 2.89 bits per heavy atom. The normalized spacial score (nSPS) is 21.6. The summed E-state index contributed by atoms with van der Waals surface area (Å²) in [6.07, 6.45) is 0.873. The van der Waals surface area contributed by atoms with Crippen LogP contribution in [0.3, 0.4) is 0 Å². The fraction of sp³-hybridized carbons (Fsp3) is 0.333. The number of methoxy groups -OCH3 is 1. The van der Waals surface area contributed by atoms with Crippen molar-refractivity contribution in [2.45, 2.75) is 25.5 Å². The molecule has 1 unspecified atom stereocenters. The lowest BCUT2D eigenvalue weighted by atomic mass is 9.95. The lowest BCUT2D eigenvalue weighted by molar-refractivity contribution is 0.164. The van der Waals surface area contributed by atoms with E-state index < -0.39 is 0 Å². The minimum atomic E-state index is -0.00894. The highest BCUT2D eigenvalue weighted by molar-refractivity contribution is 7.10. The number of thiophene rings is 1. The van der Waals surface area contributed by atoms with Crippen LogP contribution in [0.5, 0.6) is 11.5 Å². The molecule has 1 aromatic heterocycles. The van der Waals surface area contributed by atoms with Crippen molar-refractivity contribution in [1.82, 2.24) is 0 Å². The lowest BCUT2D eigenvalue weighted by Gasteiger charge is -2.30. The fourth-order valence-corrected chi connectivity index (χ4v) is 3.45. The van der Waals surface area contributed by atoms with Gasteiger partial charge in [0.15, 0.2) is 0 Å². The lowest BCUT2D eigenvalue weighted by Crippen LogP contribution is -2.24. The van der Waals surface area contributed by atoms with Crippen LogP contribution in [-0.2, 0) is 0 Å². The molecule has 2 atom stereocenters. The number of fused-ring (bicyclic) bond motifs is 1. The molecule has 0 radical (unpaired) electrons. The first-order chi connectivity index (χ1) is 9.19. The third-order valence-electron chi connectivity index (χ3n) is 3.55. The Labute approximate surface area is 117 Å². The third kappa shape index (κ3) is 2.22. The summed E-state index contributed by atoms with van der Waals surface area (Å²) in [7, 11) is 1.66. The fourth-order valence-electron chi connectivity index (χ4n) is 2.48. The van der Waals surface area contributed by atoms with Crippen molar-refractivity contribution in [3.63, 3.8) is 0 Å². The van der Waals surface area contributed by atoms with Gasteiger partial charge in [-0.25, -0.2) is 0 Å². The topological polar surface area (TPSA) is 44.5 Å². The molecule has 1 aliphatic rings. The maximum Gasteiger partial charge on any atom is 0.135 e. The molecule has 1 aromatic carbocycles. The van der Waals surface area contributed by atoms with E-state index in [1.165, 1.54) is 10.4 Å². The van der Waals surface area contributed by atoms with E-state index in [-0.39, 0.29) is 12.1 Å². The molecule has 2 N–H and O–H groups in total. The van der Waals surface area contributed by atoms with Crippen LogP contribution in [-0.4, -0.2) is 7.11 Å². The molecule has 0 bridgehead atoms. The standard InChI is InChI=1S/C15H17NO2S/c1-9-5-6-19-15(9)14-8-12(16)11-7-10(17-2)3-4-13(11)18-14/h3-7,12,14H,8,16H2,1-2H3/t12-,14?/m1/s1. The van der Waals surface area contributed by atoms with Crippen LogP contribution >= 0.6 is 11.3 Å². The van der Waals surface area contributed by atoms with Crippen LogP contribution in [0.2, 0.25) is 0 Å². The van der Waals surface area contributed by atoms with Gasteiger partial charge in [0.25, 0.3) is 0 Å². The van der Waals surface area contributed by atoms with Crippen molar-refractivity contribution < 1.29 is 9.47 Å². The molecular weight excluding hydrogens is 258 g/mol. The molecule has 0 spiro atoms. The minimum Gasteiger partial charge on any atom is -0.497 e. The van der Waals surface area contributed by atoms with E-state index in [9.17, 15) is 0 Å². The Kier molecular flexibility index (Phi) is 3.21. The quantitative estimate of drug-likeness (QED) is 0.911. The van der Waals surface area contributed by atoms with Crippen molar-refractivity contribution in [2.75, 3.05) is 7.11 Å². The predicted octanol–water partition coefficient (Wildman–Crippen LogP) is 3.59. The van der Waals surface area contributed by atoms with Crippen LogP contribution < -0.4 is 15.2 Å². The molecule has 0 saturated heterocycles. The molecule has 0 aliphatic carbocycles. The van der Waals surface area contributed by atoms with Gasteiger partial charge in [-0.15, -0.1) is 11.3 Å². The van der Waals surface area contributed by atoms with Crippen molar-refractivity contribution in [2.24, 2.45) is 5.73 Å². The zero-order chi connectivity index (χ0) is 13.4. The molecule has 3 nitrogen and oxygen atoms in total. The van der Waals surface area contributed by atoms with E-state index in [2.05, 4.69) is 18.4 Å². The highest BCUT2D eigenvalue weighted by Crippen LogP contribution is 2.42. The van der Waals surface area contributed by atoms with Gasteiger partial charge in [0.05, 0.1) is 7.11 Å². The molecule has 0 amide bonds. The molecular formula is C15H17NO2S. The van der Waals surface area contributed by atoms with Gasteiger partial charge in [0.2, 0.25) is 0 Å². The summed E-state index contributed by atoms with van der Waals surface area (Å²) in [6, 6.07) is 7.94. The zero-order valence-electron chi connectivity index (χ0n) is 11.1. The van der Waals surface area contributed by atoms with Gasteiger partial charge in [-0.1, -0.05) is 0 Å². The minimum absolute atomic E-state index is 0.00894. The van der Waals surface area contributed by atoms with E-state index in [1.54, 1.807) is 18.4 Å². The number of rotatable bonds is 2. The third-order valence-corrected chi connectivity index (χ3v) is 4.66. The smallest absolute Gasteiger partial charge is 0.135 e.